The summed E-state index contributed by atoms with van der Waals surface area (Å²) >= 11 is 0. The van der Waals surface area contributed by atoms with Gasteiger partial charge in [0, 0.05) is 19.3 Å². The number of amides is 2. The van der Waals surface area contributed by atoms with E-state index in [0.29, 0.717) is 12.2 Å². The zero-order valence-electron chi connectivity index (χ0n) is 13.8. The van der Waals surface area contributed by atoms with E-state index in [-0.39, 0.29) is 30.8 Å². The van der Waals surface area contributed by atoms with Crippen molar-refractivity contribution >= 4 is 29.9 Å². The van der Waals surface area contributed by atoms with Crippen molar-refractivity contribution in [1.82, 2.24) is 4.90 Å². The first-order valence-corrected chi connectivity index (χ1v) is 7.42. The number of benzene rings is 1. The molecule has 0 aromatic heterocycles. The molecule has 2 atom stereocenters. The lowest BCUT2D eigenvalue weighted by molar-refractivity contribution is -0.140. The lowest BCUT2D eigenvalue weighted by Gasteiger charge is -2.30. The van der Waals surface area contributed by atoms with Crippen LogP contribution in [0.1, 0.15) is 20.3 Å². The van der Waals surface area contributed by atoms with Crippen LogP contribution in [0.3, 0.4) is 0 Å². The third-order valence-corrected chi connectivity index (χ3v) is 3.30. The van der Waals surface area contributed by atoms with Gasteiger partial charge in [-0.25, -0.2) is 0 Å². The van der Waals surface area contributed by atoms with Gasteiger partial charge in [0.1, 0.15) is 12.1 Å². The number of ether oxygens (including phenoxy) is 1. The Labute approximate surface area is 143 Å². The van der Waals surface area contributed by atoms with Crippen LogP contribution in [0.25, 0.3) is 0 Å². The number of para-hydroxylation sites is 1. The Bertz CT molecular complexity index is 485. The molecule has 0 spiro atoms. The van der Waals surface area contributed by atoms with Crippen molar-refractivity contribution in [3.63, 3.8) is 0 Å². The standard InChI is InChI=1S/C16H25N3O3.ClH/c1-4-10-19(16(21)14(17)11-22-3)12(2)15(20)18-13-8-6-5-7-9-13;/h5-9,12,14H,4,10-11,17H2,1-3H3,(H,18,20);1H. The normalized spacial score (nSPS) is 12.7. The van der Waals surface area contributed by atoms with Crippen molar-refractivity contribution in [3.05, 3.63) is 30.3 Å². The lowest BCUT2D eigenvalue weighted by Crippen LogP contribution is -2.53. The summed E-state index contributed by atoms with van der Waals surface area (Å²) in [6.45, 7) is 4.25. The summed E-state index contributed by atoms with van der Waals surface area (Å²) in [7, 11) is 1.49. The fraction of sp³-hybridized carbons (Fsp3) is 0.500. The molecule has 3 N–H and O–H groups in total. The molecule has 7 heteroatoms. The van der Waals surface area contributed by atoms with E-state index in [2.05, 4.69) is 5.32 Å². The number of hydrogen-bond donors (Lipinski definition) is 2. The van der Waals surface area contributed by atoms with Crippen molar-refractivity contribution in [1.29, 1.82) is 0 Å². The summed E-state index contributed by atoms with van der Waals surface area (Å²) < 4.78 is 4.92. The second-order valence-electron chi connectivity index (χ2n) is 5.12. The van der Waals surface area contributed by atoms with Crippen LogP contribution < -0.4 is 11.1 Å². The minimum Gasteiger partial charge on any atom is -0.383 e. The zero-order chi connectivity index (χ0) is 16.5. The highest BCUT2D eigenvalue weighted by atomic mass is 35.5. The van der Waals surface area contributed by atoms with Gasteiger partial charge in [0.15, 0.2) is 0 Å². The lowest BCUT2D eigenvalue weighted by atomic mass is 10.2. The number of rotatable bonds is 8. The summed E-state index contributed by atoms with van der Waals surface area (Å²) in [6, 6.07) is 7.78. The van der Waals surface area contributed by atoms with E-state index in [9.17, 15) is 9.59 Å². The second kappa shape index (κ2) is 11.0. The number of nitrogens with zero attached hydrogens (tertiary/aromatic N) is 1. The van der Waals surface area contributed by atoms with Crippen LogP contribution in [0.15, 0.2) is 30.3 Å². The first-order valence-electron chi connectivity index (χ1n) is 7.42. The molecule has 1 rings (SSSR count). The molecule has 1 aromatic rings. The second-order valence-corrected chi connectivity index (χ2v) is 5.12. The van der Waals surface area contributed by atoms with E-state index in [1.807, 2.05) is 25.1 Å². The van der Waals surface area contributed by atoms with Gasteiger partial charge in [-0.15, -0.1) is 12.4 Å². The Kier molecular flexibility index (Phi) is 10.2. The van der Waals surface area contributed by atoms with E-state index >= 15 is 0 Å². The molecular weight excluding hydrogens is 318 g/mol. The first-order chi connectivity index (χ1) is 10.5. The smallest absolute Gasteiger partial charge is 0.246 e. The van der Waals surface area contributed by atoms with Gasteiger partial charge in [-0.05, 0) is 25.5 Å². The van der Waals surface area contributed by atoms with Gasteiger partial charge in [0.05, 0.1) is 6.61 Å². The average Bonchev–Trinajstić information content (AvgIpc) is 2.52. The molecular formula is C16H26ClN3O3. The molecule has 1 aromatic carbocycles. The molecule has 130 valence electrons. The third-order valence-electron chi connectivity index (χ3n) is 3.30. The SMILES string of the molecule is CCCN(C(=O)C(N)COC)C(C)C(=O)Nc1ccccc1.Cl. The molecule has 0 aliphatic carbocycles. The van der Waals surface area contributed by atoms with Crippen molar-refractivity contribution in [2.75, 3.05) is 25.6 Å². The number of anilines is 1. The van der Waals surface area contributed by atoms with E-state index in [1.165, 1.54) is 12.0 Å². The van der Waals surface area contributed by atoms with Gasteiger partial charge in [-0.2, -0.15) is 0 Å². The van der Waals surface area contributed by atoms with Crippen LogP contribution in [0, 0.1) is 0 Å². The van der Waals surface area contributed by atoms with Gasteiger partial charge < -0.3 is 20.7 Å². The Balaban J connectivity index is 0.00000484. The molecule has 23 heavy (non-hydrogen) atoms. The summed E-state index contributed by atoms with van der Waals surface area (Å²) in [6.07, 6.45) is 0.744. The van der Waals surface area contributed by atoms with Gasteiger partial charge in [-0.1, -0.05) is 25.1 Å². The minimum atomic E-state index is -0.761. The Morgan fingerprint density at radius 2 is 1.91 bits per heavy atom. The average molecular weight is 344 g/mol. The van der Waals surface area contributed by atoms with Crippen molar-refractivity contribution in [3.8, 4) is 0 Å². The number of nitrogens with one attached hydrogen (secondary N) is 1. The third kappa shape index (κ3) is 6.56. The number of carbonyl (C=O) groups is 2. The molecule has 0 heterocycles. The summed E-state index contributed by atoms with van der Waals surface area (Å²) in [5, 5.41) is 2.80. The van der Waals surface area contributed by atoms with E-state index < -0.39 is 12.1 Å². The maximum Gasteiger partial charge on any atom is 0.246 e. The van der Waals surface area contributed by atoms with Gasteiger partial charge in [0.25, 0.3) is 0 Å². The van der Waals surface area contributed by atoms with Crippen LogP contribution in [0.2, 0.25) is 0 Å². The molecule has 0 fully saturated rings. The van der Waals surface area contributed by atoms with Crippen molar-refractivity contribution in [2.45, 2.75) is 32.4 Å². The maximum absolute atomic E-state index is 12.4. The number of carbonyl (C=O) groups excluding carboxylic acids is 2. The molecule has 0 bridgehead atoms. The number of halogens is 1. The van der Waals surface area contributed by atoms with Crippen molar-refractivity contribution in [2.24, 2.45) is 5.73 Å². The van der Waals surface area contributed by atoms with Crippen LogP contribution in [-0.4, -0.2) is 49.1 Å². The van der Waals surface area contributed by atoms with E-state index in [1.54, 1.807) is 19.1 Å². The van der Waals surface area contributed by atoms with Gasteiger partial charge in [0.2, 0.25) is 11.8 Å². The Morgan fingerprint density at radius 3 is 2.43 bits per heavy atom. The Morgan fingerprint density at radius 1 is 1.30 bits per heavy atom. The van der Waals surface area contributed by atoms with Crippen molar-refractivity contribution < 1.29 is 14.3 Å². The summed E-state index contributed by atoms with van der Waals surface area (Å²) in [5.74, 6) is -0.517. The first kappa shape index (κ1) is 21.4. The fourth-order valence-corrected chi connectivity index (χ4v) is 2.11. The Hall–Kier alpha value is -1.63. The summed E-state index contributed by atoms with van der Waals surface area (Å²) in [4.78, 5) is 26.2. The number of nitrogens with two attached hydrogens (primary N) is 1. The minimum absolute atomic E-state index is 0. The highest BCUT2D eigenvalue weighted by Crippen LogP contribution is 2.10. The van der Waals surface area contributed by atoms with Crippen LogP contribution in [-0.2, 0) is 14.3 Å². The molecule has 0 radical (unpaired) electrons. The molecule has 0 saturated heterocycles. The highest BCUT2D eigenvalue weighted by molar-refractivity contribution is 5.97. The maximum atomic E-state index is 12.4. The van der Waals surface area contributed by atoms with Gasteiger partial charge >= 0.3 is 0 Å². The monoisotopic (exact) mass is 343 g/mol. The molecule has 2 amide bonds. The zero-order valence-corrected chi connectivity index (χ0v) is 14.6. The summed E-state index contributed by atoms with van der Waals surface area (Å²) in [5.41, 5.74) is 6.50. The van der Waals surface area contributed by atoms with Gasteiger partial charge in [-0.3, -0.25) is 9.59 Å². The number of methoxy groups -OCH3 is 1. The van der Waals surface area contributed by atoms with E-state index in [4.69, 9.17) is 10.5 Å². The molecule has 2 unspecified atom stereocenters. The number of hydrogen-bond acceptors (Lipinski definition) is 4. The molecule has 0 aliphatic heterocycles. The van der Waals surface area contributed by atoms with Crippen LogP contribution in [0.5, 0.6) is 0 Å². The van der Waals surface area contributed by atoms with E-state index in [0.717, 1.165) is 6.42 Å². The molecule has 6 nitrogen and oxygen atoms in total. The molecule has 0 aliphatic rings. The quantitative estimate of drug-likeness (QED) is 0.751. The highest BCUT2D eigenvalue weighted by Gasteiger charge is 2.28. The topological polar surface area (TPSA) is 84.7 Å². The predicted octanol–water partition coefficient (Wildman–Crippen LogP) is 1.65. The largest absolute Gasteiger partial charge is 0.383 e. The van der Waals surface area contributed by atoms with Crippen LogP contribution in [0.4, 0.5) is 5.69 Å². The predicted molar refractivity (Wildman–Crippen MR) is 93.6 cm³/mol. The fourth-order valence-electron chi connectivity index (χ4n) is 2.11. The molecule has 0 saturated carbocycles. The van der Waals surface area contributed by atoms with Crippen LogP contribution >= 0.6 is 12.4 Å².